The van der Waals surface area contributed by atoms with E-state index in [1.54, 1.807) is 0 Å². The van der Waals surface area contributed by atoms with Gasteiger partial charge in [0, 0.05) is 12.0 Å². The lowest BCUT2D eigenvalue weighted by atomic mass is 9.84. The molecule has 0 unspecified atom stereocenters. The summed E-state index contributed by atoms with van der Waals surface area (Å²) in [6.45, 7) is 6.39. The molecule has 1 heterocycles. The molecule has 27 heavy (non-hydrogen) atoms. The Labute approximate surface area is 156 Å². The second-order valence-corrected chi connectivity index (χ2v) is 7.37. The van der Waals surface area contributed by atoms with E-state index in [4.69, 9.17) is 0 Å². The van der Waals surface area contributed by atoms with Gasteiger partial charge in [-0.15, -0.1) is 0 Å². The van der Waals surface area contributed by atoms with Gasteiger partial charge in [-0.2, -0.15) is 0 Å². The van der Waals surface area contributed by atoms with E-state index in [9.17, 15) is 14.0 Å². The van der Waals surface area contributed by atoms with Gasteiger partial charge in [0.05, 0.1) is 17.2 Å². The summed E-state index contributed by atoms with van der Waals surface area (Å²) < 4.78 is 14.6. The number of carbonyl (C=O) groups excluding carboxylic acids is 1. The molecule has 0 saturated heterocycles. The third-order valence-electron chi connectivity index (χ3n) is 4.63. The number of nitrogens with one attached hydrogen (secondary N) is 1. The van der Waals surface area contributed by atoms with Gasteiger partial charge in [0.15, 0.2) is 0 Å². The van der Waals surface area contributed by atoms with Crippen molar-refractivity contribution in [3.63, 3.8) is 0 Å². The van der Waals surface area contributed by atoms with Crippen molar-refractivity contribution in [2.75, 3.05) is 6.54 Å². The standard InChI is InChI=1S/C21H22FN3O2/c1-14-5-4-6-15(9-14)21(2,3)12-23-19(26)11-25-13-24-18-8-7-16(22)10-17(18)20(25)27/h4-10,13H,11-12H2,1-3H3,(H,23,26). The highest BCUT2D eigenvalue weighted by Crippen LogP contribution is 2.23. The maximum atomic E-state index is 13.4. The molecule has 140 valence electrons. The summed E-state index contributed by atoms with van der Waals surface area (Å²) in [4.78, 5) is 28.9. The molecule has 0 aliphatic carbocycles. The predicted octanol–water partition coefficient (Wildman–Crippen LogP) is 2.94. The van der Waals surface area contributed by atoms with Crippen molar-refractivity contribution in [3.8, 4) is 0 Å². The smallest absolute Gasteiger partial charge is 0.261 e. The minimum atomic E-state index is -0.511. The van der Waals surface area contributed by atoms with Crippen molar-refractivity contribution in [1.82, 2.24) is 14.9 Å². The number of fused-ring (bicyclic) bond motifs is 1. The zero-order valence-corrected chi connectivity index (χ0v) is 15.6. The molecule has 0 bridgehead atoms. The van der Waals surface area contributed by atoms with Crippen LogP contribution < -0.4 is 10.9 Å². The van der Waals surface area contributed by atoms with Crippen LogP contribution >= 0.6 is 0 Å². The van der Waals surface area contributed by atoms with E-state index in [2.05, 4.69) is 30.2 Å². The first-order chi connectivity index (χ1) is 12.8. The van der Waals surface area contributed by atoms with Gasteiger partial charge in [-0.05, 0) is 30.7 Å². The fourth-order valence-electron chi connectivity index (χ4n) is 2.94. The van der Waals surface area contributed by atoms with Crippen molar-refractivity contribution in [1.29, 1.82) is 0 Å². The largest absolute Gasteiger partial charge is 0.354 e. The lowest BCUT2D eigenvalue weighted by Gasteiger charge is -2.26. The fourth-order valence-corrected chi connectivity index (χ4v) is 2.94. The van der Waals surface area contributed by atoms with Crippen LogP contribution in [0.25, 0.3) is 10.9 Å². The van der Waals surface area contributed by atoms with E-state index < -0.39 is 11.4 Å². The van der Waals surface area contributed by atoms with Crippen molar-refractivity contribution in [2.24, 2.45) is 0 Å². The van der Waals surface area contributed by atoms with Crippen LogP contribution in [0.4, 0.5) is 4.39 Å². The Balaban J connectivity index is 1.72. The molecule has 0 spiro atoms. The Hall–Kier alpha value is -3.02. The maximum Gasteiger partial charge on any atom is 0.261 e. The number of hydrogen-bond donors (Lipinski definition) is 1. The van der Waals surface area contributed by atoms with Crippen molar-refractivity contribution < 1.29 is 9.18 Å². The Kier molecular flexibility index (Phi) is 5.08. The number of nitrogens with zero attached hydrogens (tertiary/aromatic N) is 2. The average Bonchev–Trinajstić information content (AvgIpc) is 2.63. The lowest BCUT2D eigenvalue weighted by Crippen LogP contribution is -2.39. The van der Waals surface area contributed by atoms with Gasteiger partial charge in [-0.3, -0.25) is 14.2 Å². The van der Waals surface area contributed by atoms with Gasteiger partial charge in [-0.1, -0.05) is 43.7 Å². The second kappa shape index (κ2) is 7.31. The summed E-state index contributed by atoms with van der Waals surface area (Å²) in [5.41, 5.74) is 2.00. The first-order valence-corrected chi connectivity index (χ1v) is 8.75. The number of aromatic nitrogens is 2. The zero-order chi connectivity index (χ0) is 19.6. The van der Waals surface area contributed by atoms with Crippen LogP contribution in [0.2, 0.25) is 0 Å². The number of carbonyl (C=O) groups is 1. The summed E-state index contributed by atoms with van der Waals surface area (Å²) in [5.74, 6) is -0.807. The minimum Gasteiger partial charge on any atom is -0.354 e. The van der Waals surface area contributed by atoms with Gasteiger partial charge in [0.1, 0.15) is 12.4 Å². The molecule has 1 aromatic heterocycles. The van der Waals surface area contributed by atoms with Crippen LogP contribution in [-0.2, 0) is 16.8 Å². The van der Waals surface area contributed by atoms with E-state index in [-0.39, 0.29) is 23.3 Å². The molecule has 3 aromatic rings. The average molecular weight is 367 g/mol. The zero-order valence-electron chi connectivity index (χ0n) is 15.6. The molecule has 3 rings (SSSR count). The quantitative estimate of drug-likeness (QED) is 0.754. The molecular weight excluding hydrogens is 345 g/mol. The van der Waals surface area contributed by atoms with E-state index in [1.807, 2.05) is 25.1 Å². The van der Waals surface area contributed by atoms with Gasteiger partial charge in [-0.25, -0.2) is 9.37 Å². The molecule has 5 nitrogen and oxygen atoms in total. The molecule has 0 aliphatic heterocycles. The molecule has 0 atom stereocenters. The van der Waals surface area contributed by atoms with Crippen LogP contribution in [0.1, 0.15) is 25.0 Å². The second-order valence-electron chi connectivity index (χ2n) is 7.37. The third kappa shape index (κ3) is 4.22. The number of rotatable bonds is 5. The molecular formula is C21H22FN3O2. The van der Waals surface area contributed by atoms with Gasteiger partial charge in [0.25, 0.3) is 5.56 Å². The van der Waals surface area contributed by atoms with E-state index in [0.717, 1.165) is 17.2 Å². The van der Waals surface area contributed by atoms with Gasteiger partial charge >= 0.3 is 0 Å². The molecule has 2 aromatic carbocycles. The number of halogens is 1. The number of benzene rings is 2. The Morgan fingerprint density at radius 1 is 1.22 bits per heavy atom. The topological polar surface area (TPSA) is 64.0 Å². The molecule has 0 saturated carbocycles. The van der Waals surface area contributed by atoms with E-state index >= 15 is 0 Å². The fraction of sp³-hybridized carbons (Fsp3) is 0.286. The maximum absolute atomic E-state index is 13.4. The first kappa shape index (κ1) is 18.8. The van der Waals surface area contributed by atoms with Crippen LogP contribution in [0.3, 0.4) is 0 Å². The highest BCUT2D eigenvalue weighted by Gasteiger charge is 2.21. The van der Waals surface area contributed by atoms with Crippen LogP contribution in [-0.4, -0.2) is 22.0 Å². The third-order valence-corrected chi connectivity index (χ3v) is 4.63. The number of amides is 1. The monoisotopic (exact) mass is 367 g/mol. The van der Waals surface area contributed by atoms with Crippen LogP contribution in [0.15, 0.2) is 53.6 Å². The molecule has 1 amide bonds. The predicted molar refractivity (Wildman–Crippen MR) is 103 cm³/mol. The molecule has 0 fully saturated rings. The normalized spacial score (nSPS) is 11.6. The van der Waals surface area contributed by atoms with Crippen molar-refractivity contribution in [2.45, 2.75) is 32.7 Å². The molecule has 0 radical (unpaired) electrons. The van der Waals surface area contributed by atoms with Crippen molar-refractivity contribution >= 4 is 16.8 Å². The summed E-state index contributed by atoms with van der Waals surface area (Å²) in [7, 11) is 0. The van der Waals surface area contributed by atoms with E-state index in [1.165, 1.54) is 23.0 Å². The lowest BCUT2D eigenvalue weighted by molar-refractivity contribution is -0.121. The molecule has 1 N–H and O–H groups in total. The van der Waals surface area contributed by atoms with Gasteiger partial charge < -0.3 is 5.32 Å². The Bertz CT molecular complexity index is 1060. The Morgan fingerprint density at radius 3 is 2.74 bits per heavy atom. The molecule has 0 aliphatic rings. The van der Waals surface area contributed by atoms with Crippen LogP contribution in [0.5, 0.6) is 0 Å². The minimum absolute atomic E-state index is 0.158. The molecule has 6 heteroatoms. The van der Waals surface area contributed by atoms with Gasteiger partial charge in [0.2, 0.25) is 5.91 Å². The SMILES string of the molecule is Cc1cccc(C(C)(C)CNC(=O)Cn2cnc3ccc(F)cc3c2=O)c1. The summed E-state index contributed by atoms with van der Waals surface area (Å²) in [6.07, 6.45) is 1.31. The number of hydrogen-bond acceptors (Lipinski definition) is 3. The summed E-state index contributed by atoms with van der Waals surface area (Å²) in [5, 5.41) is 3.03. The van der Waals surface area contributed by atoms with Crippen molar-refractivity contribution in [3.05, 3.63) is 76.1 Å². The Morgan fingerprint density at radius 2 is 2.00 bits per heavy atom. The summed E-state index contributed by atoms with van der Waals surface area (Å²) >= 11 is 0. The van der Waals surface area contributed by atoms with Crippen LogP contribution in [0, 0.1) is 12.7 Å². The highest BCUT2D eigenvalue weighted by atomic mass is 19.1. The summed E-state index contributed by atoms with van der Waals surface area (Å²) in [6, 6.07) is 12.0. The highest BCUT2D eigenvalue weighted by molar-refractivity contribution is 5.79. The first-order valence-electron chi connectivity index (χ1n) is 8.75. The number of aryl methyl sites for hydroxylation is 1. The van der Waals surface area contributed by atoms with E-state index in [0.29, 0.717) is 12.1 Å².